The molecule has 0 bridgehead atoms. The molecule has 0 saturated carbocycles. The molecule has 1 aliphatic heterocycles. The van der Waals surface area contributed by atoms with Gasteiger partial charge in [-0.25, -0.2) is 4.98 Å². The zero-order chi connectivity index (χ0) is 23.7. The van der Waals surface area contributed by atoms with Gasteiger partial charge in [0.25, 0.3) is 5.91 Å². The molecule has 1 atom stereocenters. The van der Waals surface area contributed by atoms with Crippen LogP contribution >= 0.6 is 0 Å². The van der Waals surface area contributed by atoms with E-state index in [1.165, 1.54) is 11.7 Å². The monoisotopic (exact) mass is 457 g/mol. The van der Waals surface area contributed by atoms with Gasteiger partial charge in [0.1, 0.15) is 11.3 Å². The van der Waals surface area contributed by atoms with Crippen molar-refractivity contribution < 1.29 is 18.0 Å². The van der Waals surface area contributed by atoms with Gasteiger partial charge in [0.05, 0.1) is 29.3 Å². The first kappa shape index (κ1) is 21.2. The lowest BCUT2D eigenvalue weighted by molar-refractivity contribution is -0.141. The Morgan fingerprint density at radius 3 is 2.61 bits per heavy atom. The Morgan fingerprint density at radius 2 is 1.91 bits per heavy atom. The standard InChI is InChI=1S/C22H22F3N7O/c1-12-6-5-7-18-26-11-16(32(12)18)21(33)31-9-8-14-19(13(31)2)28-30(4)20(14)15-10-17(22(23,24)25)27-29(15)3/h5-7,10-11,13H,8-9H2,1-4H3. The van der Waals surface area contributed by atoms with E-state index >= 15 is 0 Å². The molecule has 0 saturated heterocycles. The summed E-state index contributed by atoms with van der Waals surface area (Å²) < 4.78 is 44.2. The number of rotatable bonds is 2. The minimum Gasteiger partial charge on any atom is -0.329 e. The maximum Gasteiger partial charge on any atom is 0.435 e. The summed E-state index contributed by atoms with van der Waals surface area (Å²) in [6.45, 7) is 4.21. The Balaban J connectivity index is 1.53. The number of carbonyl (C=O) groups is 1. The smallest absolute Gasteiger partial charge is 0.329 e. The minimum atomic E-state index is -4.53. The predicted octanol–water partition coefficient (Wildman–Crippen LogP) is 3.56. The molecular weight excluding hydrogens is 435 g/mol. The highest BCUT2D eigenvalue weighted by molar-refractivity contribution is 5.94. The Kier molecular flexibility index (Phi) is 4.62. The normalized spacial score (nSPS) is 16.5. The molecule has 33 heavy (non-hydrogen) atoms. The summed E-state index contributed by atoms with van der Waals surface area (Å²) in [5.41, 5.74) is 3.54. The number of alkyl halides is 3. The van der Waals surface area contributed by atoms with E-state index in [-0.39, 0.29) is 11.9 Å². The fourth-order valence-corrected chi connectivity index (χ4v) is 4.67. The van der Waals surface area contributed by atoms with E-state index in [4.69, 9.17) is 0 Å². The lowest BCUT2D eigenvalue weighted by atomic mass is 9.97. The topological polar surface area (TPSA) is 73.2 Å². The number of carbonyl (C=O) groups excluding carboxylic acids is 1. The molecule has 0 fully saturated rings. The minimum absolute atomic E-state index is 0.165. The summed E-state index contributed by atoms with van der Waals surface area (Å²) in [5, 5.41) is 8.23. The van der Waals surface area contributed by atoms with Gasteiger partial charge < -0.3 is 4.90 Å². The summed E-state index contributed by atoms with van der Waals surface area (Å²) in [6.07, 6.45) is -2.49. The van der Waals surface area contributed by atoms with Crippen LogP contribution in [0.3, 0.4) is 0 Å². The molecule has 172 valence electrons. The highest BCUT2D eigenvalue weighted by atomic mass is 19.4. The van der Waals surface area contributed by atoms with Crippen LogP contribution in [0, 0.1) is 6.92 Å². The van der Waals surface area contributed by atoms with Crippen molar-refractivity contribution in [2.24, 2.45) is 14.1 Å². The van der Waals surface area contributed by atoms with Crippen molar-refractivity contribution in [3.8, 4) is 11.4 Å². The largest absolute Gasteiger partial charge is 0.435 e. The third kappa shape index (κ3) is 3.21. The summed E-state index contributed by atoms with van der Waals surface area (Å²) in [7, 11) is 3.18. The van der Waals surface area contributed by atoms with E-state index in [0.717, 1.165) is 17.3 Å². The first-order valence-corrected chi connectivity index (χ1v) is 10.5. The lowest BCUT2D eigenvalue weighted by Crippen LogP contribution is -2.39. The number of fused-ring (bicyclic) bond motifs is 2. The van der Waals surface area contributed by atoms with Crippen LogP contribution in [0.1, 0.15) is 46.1 Å². The van der Waals surface area contributed by atoms with E-state index in [0.29, 0.717) is 41.4 Å². The third-order valence-corrected chi connectivity index (χ3v) is 6.26. The zero-order valence-electron chi connectivity index (χ0n) is 18.6. The molecule has 0 aliphatic carbocycles. The summed E-state index contributed by atoms with van der Waals surface area (Å²) >= 11 is 0. The highest BCUT2D eigenvalue weighted by Gasteiger charge is 2.38. The summed E-state index contributed by atoms with van der Waals surface area (Å²) in [4.78, 5) is 19.6. The number of nitrogens with zero attached hydrogens (tertiary/aromatic N) is 7. The van der Waals surface area contributed by atoms with Gasteiger partial charge in [0.15, 0.2) is 5.69 Å². The number of hydrogen-bond acceptors (Lipinski definition) is 4. The predicted molar refractivity (Wildman–Crippen MR) is 113 cm³/mol. The van der Waals surface area contributed by atoms with Crippen LogP contribution in [0.4, 0.5) is 13.2 Å². The summed E-state index contributed by atoms with van der Waals surface area (Å²) in [6, 6.07) is 6.33. The average Bonchev–Trinajstić information content (AvgIpc) is 3.43. The molecule has 1 amide bonds. The molecule has 5 heterocycles. The van der Waals surface area contributed by atoms with E-state index in [1.54, 1.807) is 22.8 Å². The van der Waals surface area contributed by atoms with Crippen LogP contribution in [-0.2, 0) is 26.7 Å². The van der Waals surface area contributed by atoms with Gasteiger partial charge in [-0.2, -0.15) is 23.4 Å². The molecule has 1 aliphatic rings. The van der Waals surface area contributed by atoms with Crippen molar-refractivity contribution in [2.45, 2.75) is 32.5 Å². The molecular formula is C22H22F3N7O. The Hall–Kier alpha value is -3.63. The maximum atomic E-state index is 13.5. The number of halogens is 3. The fourth-order valence-electron chi connectivity index (χ4n) is 4.67. The second-order valence-corrected chi connectivity index (χ2v) is 8.30. The van der Waals surface area contributed by atoms with Gasteiger partial charge in [-0.1, -0.05) is 6.07 Å². The van der Waals surface area contributed by atoms with Crippen molar-refractivity contribution in [3.05, 3.63) is 58.8 Å². The van der Waals surface area contributed by atoms with Crippen molar-refractivity contribution in [3.63, 3.8) is 0 Å². The first-order chi connectivity index (χ1) is 15.6. The number of amides is 1. The number of pyridine rings is 1. The molecule has 4 aromatic heterocycles. The van der Waals surface area contributed by atoms with Gasteiger partial charge in [0, 0.05) is 31.9 Å². The Labute approximate surface area is 187 Å². The Bertz CT molecular complexity index is 1400. The molecule has 11 heteroatoms. The molecule has 0 spiro atoms. The second kappa shape index (κ2) is 7.19. The zero-order valence-corrected chi connectivity index (χ0v) is 18.6. The van der Waals surface area contributed by atoms with Gasteiger partial charge in [0.2, 0.25) is 0 Å². The fraction of sp³-hybridized carbons (Fsp3) is 0.364. The van der Waals surface area contributed by atoms with Crippen LogP contribution in [0.2, 0.25) is 0 Å². The van der Waals surface area contributed by atoms with Gasteiger partial charge in [-0.15, -0.1) is 0 Å². The van der Waals surface area contributed by atoms with Crippen LogP contribution in [0.5, 0.6) is 0 Å². The van der Waals surface area contributed by atoms with Crippen molar-refractivity contribution in [2.75, 3.05) is 6.54 Å². The number of aryl methyl sites for hydroxylation is 3. The van der Waals surface area contributed by atoms with Crippen LogP contribution < -0.4 is 0 Å². The number of imidazole rings is 1. The van der Waals surface area contributed by atoms with Crippen LogP contribution in [-0.4, -0.2) is 46.3 Å². The van der Waals surface area contributed by atoms with E-state index in [9.17, 15) is 18.0 Å². The molecule has 8 nitrogen and oxygen atoms in total. The van der Waals surface area contributed by atoms with Crippen molar-refractivity contribution in [1.82, 2.24) is 33.8 Å². The van der Waals surface area contributed by atoms with E-state index in [2.05, 4.69) is 15.2 Å². The molecule has 4 aromatic rings. The summed E-state index contributed by atoms with van der Waals surface area (Å²) in [5.74, 6) is -0.165. The molecule has 1 unspecified atom stereocenters. The lowest BCUT2D eigenvalue weighted by Gasteiger charge is -2.32. The quantitative estimate of drug-likeness (QED) is 0.462. The molecule has 0 N–H and O–H groups in total. The van der Waals surface area contributed by atoms with Crippen molar-refractivity contribution >= 4 is 11.6 Å². The number of hydrogen-bond donors (Lipinski definition) is 0. The van der Waals surface area contributed by atoms with Gasteiger partial charge >= 0.3 is 6.18 Å². The van der Waals surface area contributed by atoms with Gasteiger partial charge in [-0.05, 0) is 38.5 Å². The SMILES string of the molecule is Cc1cccc2ncc(C(=O)N3CCc4c(nn(C)c4-c4cc(C(F)(F)F)nn4C)C3C)n12. The first-order valence-electron chi connectivity index (χ1n) is 10.5. The number of aromatic nitrogens is 6. The maximum absolute atomic E-state index is 13.5. The van der Waals surface area contributed by atoms with E-state index in [1.807, 2.05) is 36.4 Å². The van der Waals surface area contributed by atoms with Crippen molar-refractivity contribution in [1.29, 1.82) is 0 Å². The molecule has 0 radical (unpaired) electrons. The average molecular weight is 457 g/mol. The van der Waals surface area contributed by atoms with Crippen LogP contribution in [0.25, 0.3) is 17.0 Å². The Morgan fingerprint density at radius 1 is 1.15 bits per heavy atom. The van der Waals surface area contributed by atoms with E-state index < -0.39 is 11.9 Å². The molecule has 5 rings (SSSR count). The second-order valence-electron chi connectivity index (χ2n) is 8.30. The highest BCUT2D eigenvalue weighted by Crippen LogP contribution is 2.38. The van der Waals surface area contributed by atoms with Crippen LogP contribution in [0.15, 0.2) is 30.5 Å². The third-order valence-electron chi connectivity index (χ3n) is 6.26. The van der Waals surface area contributed by atoms with Gasteiger partial charge in [-0.3, -0.25) is 18.6 Å². The molecule has 0 aromatic carbocycles.